The number of nitrogens with two attached hydrogens (primary N) is 1. The highest BCUT2D eigenvalue weighted by Gasteiger charge is 2.32. The molecule has 0 amide bonds. The zero-order chi connectivity index (χ0) is 16.3. The van der Waals surface area contributed by atoms with E-state index in [0.717, 1.165) is 0 Å². The topological polar surface area (TPSA) is 44.5 Å². The minimum absolute atomic E-state index is 0.0530. The average Bonchev–Trinajstić information content (AvgIpc) is 2.23. The molecular formula is C14H19BrF3NO2. The van der Waals surface area contributed by atoms with Crippen LogP contribution in [0.3, 0.4) is 0 Å². The Morgan fingerprint density at radius 1 is 1.24 bits per heavy atom. The van der Waals surface area contributed by atoms with E-state index in [1.165, 1.54) is 12.1 Å². The SMILES string of the molecule is CC(COc1ccc(Br)cc1OC(F)(F)F)CC(C)(C)N. The van der Waals surface area contributed by atoms with Crippen molar-refractivity contribution in [3.05, 3.63) is 22.7 Å². The summed E-state index contributed by atoms with van der Waals surface area (Å²) in [5.41, 5.74) is 5.55. The van der Waals surface area contributed by atoms with Crippen molar-refractivity contribution in [1.29, 1.82) is 0 Å². The molecule has 1 aromatic carbocycles. The number of ether oxygens (including phenoxy) is 2. The van der Waals surface area contributed by atoms with Crippen LogP contribution < -0.4 is 15.2 Å². The zero-order valence-corrected chi connectivity index (χ0v) is 13.7. The van der Waals surface area contributed by atoms with Gasteiger partial charge >= 0.3 is 6.36 Å². The van der Waals surface area contributed by atoms with Crippen LogP contribution in [0.15, 0.2) is 22.7 Å². The average molecular weight is 370 g/mol. The van der Waals surface area contributed by atoms with Crippen LogP contribution in [0.25, 0.3) is 0 Å². The first-order valence-electron chi connectivity index (χ1n) is 6.43. The molecule has 0 fully saturated rings. The van der Waals surface area contributed by atoms with E-state index in [1.807, 2.05) is 20.8 Å². The molecule has 0 saturated carbocycles. The Labute approximate surface area is 130 Å². The van der Waals surface area contributed by atoms with E-state index >= 15 is 0 Å². The lowest BCUT2D eigenvalue weighted by Crippen LogP contribution is -2.35. The summed E-state index contributed by atoms with van der Waals surface area (Å²) in [6, 6.07) is 4.25. The molecule has 3 nitrogen and oxygen atoms in total. The molecule has 7 heteroatoms. The summed E-state index contributed by atoms with van der Waals surface area (Å²) in [5.74, 6) is -0.208. The second-order valence-corrected chi connectivity index (χ2v) is 6.66. The molecule has 0 heterocycles. The summed E-state index contributed by atoms with van der Waals surface area (Å²) in [7, 11) is 0. The van der Waals surface area contributed by atoms with Crippen molar-refractivity contribution in [1.82, 2.24) is 0 Å². The highest BCUT2D eigenvalue weighted by Crippen LogP contribution is 2.35. The Balaban J connectivity index is 2.74. The maximum atomic E-state index is 12.4. The number of rotatable bonds is 6. The molecule has 120 valence electrons. The van der Waals surface area contributed by atoms with Crippen LogP contribution in [-0.2, 0) is 0 Å². The predicted octanol–water partition coefficient (Wildman–Crippen LogP) is 4.49. The summed E-state index contributed by atoms with van der Waals surface area (Å²) < 4.78 is 47.0. The van der Waals surface area contributed by atoms with Crippen molar-refractivity contribution >= 4 is 15.9 Å². The molecule has 0 spiro atoms. The number of hydrogen-bond acceptors (Lipinski definition) is 3. The first-order valence-corrected chi connectivity index (χ1v) is 7.22. The summed E-state index contributed by atoms with van der Waals surface area (Å²) in [5, 5.41) is 0. The first kappa shape index (κ1) is 18.1. The summed E-state index contributed by atoms with van der Waals surface area (Å²) in [6.07, 6.45) is -4.07. The van der Waals surface area contributed by atoms with Gasteiger partial charge in [0.05, 0.1) is 6.61 Å². The van der Waals surface area contributed by atoms with Crippen molar-refractivity contribution < 1.29 is 22.6 Å². The molecule has 0 saturated heterocycles. The van der Waals surface area contributed by atoms with Crippen molar-refractivity contribution in [2.45, 2.75) is 39.1 Å². The van der Waals surface area contributed by atoms with Crippen LogP contribution in [0.2, 0.25) is 0 Å². The molecule has 1 rings (SSSR count). The number of benzene rings is 1. The third-order valence-electron chi connectivity index (χ3n) is 2.53. The van der Waals surface area contributed by atoms with Crippen molar-refractivity contribution in [2.75, 3.05) is 6.61 Å². The molecule has 0 aliphatic carbocycles. The van der Waals surface area contributed by atoms with E-state index in [4.69, 9.17) is 10.5 Å². The van der Waals surface area contributed by atoms with Gasteiger partial charge in [-0.15, -0.1) is 13.2 Å². The van der Waals surface area contributed by atoms with Gasteiger partial charge in [0.1, 0.15) is 0 Å². The Morgan fingerprint density at radius 3 is 2.38 bits per heavy atom. The van der Waals surface area contributed by atoms with E-state index in [2.05, 4.69) is 20.7 Å². The van der Waals surface area contributed by atoms with Gasteiger partial charge in [0.15, 0.2) is 11.5 Å². The fourth-order valence-electron chi connectivity index (χ4n) is 1.99. The minimum Gasteiger partial charge on any atom is -0.489 e. The van der Waals surface area contributed by atoms with Gasteiger partial charge in [-0.2, -0.15) is 0 Å². The fourth-order valence-corrected chi connectivity index (χ4v) is 2.33. The Bertz CT molecular complexity index is 472. The van der Waals surface area contributed by atoms with E-state index in [0.29, 0.717) is 10.9 Å². The molecule has 1 unspecified atom stereocenters. The maximum Gasteiger partial charge on any atom is 0.573 e. The lowest BCUT2D eigenvalue weighted by atomic mass is 9.93. The number of alkyl halides is 3. The van der Waals surface area contributed by atoms with E-state index in [-0.39, 0.29) is 29.6 Å². The number of hydrogen-bond donors (Lipinski definition) is 1. The van der Waals surface area contributed by atoms with Crippen LogP contribution in [0, 0.1) is 5.92 Å². The fraction of sp³-hybridized carbons (Fsp3) is 0.571. The van der Waals surface area contributed by atoms with Crippen LogP contribution >= 0.6 is 15.9 Å². The summed E-state index contributed by atoms with van der Waals surface area (Å²) in [6.45, 7) is 5.97. The second kappa shape index (κ2) is 6.87. The number of halogens is 4. The molecule has 0 aliphatic heterocycles. The Hall–Kier alpha value is -0.950. The lowest BCUT2D eigenvalue weighted by molar-refractivity contribution is -0.275. The van der Waals surface area contributed by atoms with Gasteiger partial charge in [-0.25, -0.2) is 0 Å². The van der Waals surface area contributed by atoms with Crippen LogP contribution in [0.1, 0.15) is 27.2 Å². The molecule has 0 aromatic heterocycles. The molecule has 0 bridgehead atoms. The van der Waals surface area contributed by atoms with Crippen molar-refractivity contribution in [3.8, 4) is 11.5 Å². The standard InChI is InChI=1S/C14H19BrF3NO2/c1-9(7-13(2,3)19)8-20-11-5-4-10(15)6-12(11)21-14(16,17)18/h4-6,9H,7-8,19H2,1-3H3. The van der Waals surface area contributed by atoms with Gasteiger partial charge < -0.3 is 15.2 Å². The Kier molecular flexibility index (Phi) is 5.92. The van der Waals surface area contributed by atoms with E-state index < -0.39 is 6.36 Å². The van der Waals surface area contributed by atoms with Gasteiger partial charge in [-0.05, 0) is 44.4 Å². The van der Waals surface area contributed by atoms with E-state index in [9.17, 15) is 13.2 Å². The predicted molar refractivity (Wildman–Crippen MR) is 78.4 cm³/mol. The van der Waals surface area contributed by atoms with Crippen LogP contribution in [0.4, 0.5) is 13.2 Å². The Morgan fingerprint density at radius 2 is 1.86 bits per heavy atom. The van der Waals surface area contributed by atoms with Gasteiger partial charge in [0, 0.05) is 10.0 Å². The third-order valence-corrected chi connectivity index (χ3v) is 3.02. The summed E-state index contributed by atoms with van der Waals surface area (Å²) >= 11 is 3.10. The highest BCUT2D eigenvalue weighted by atomic mass is 79.9. The smallest absolute Gasteiger partial charge is 0.489 e. The largest absolute Gasteiger partial charge is 0.573 e. The first-order chi connectivity index (χ1) is 9.46. The van der Waals surface area contributed by atoms with Crippen molar-refractivity contribution in [3.63, 3.8) is 0 Å². The van der Waals surface area contributed by atoms with Gasteiger partial charge in [-0.3, -0.25) is 0 Å². The quantitative estimate of drug-likeness (QED) is 0.803. The van der Waals surface area contributed by atoms with Crippen LogP contribution in [0.5, 0.6) is 11.5 Å². The zero-order valence-electron chi connectivity index (χ0n) is 12.1. The second-order valence-electron chi connectivity index (χ2n) is 5.75. The van der Waals surface area contributed by atoms with E-state index in [1.54, 1.807) is 6.07 Å². The molecule has 1 aromatic rings. The molecular weight excluding hydrogens is 351 g/mol. The molecule has 0 radical (unpaired) electrons. The van der Waals surface area contributed by atoms with Gasteiger partial charge in [-0.1, -0.05) is 22.9 Å². The molecule has 1 atom stereocenters. The third kappa shape index (κ3) is 7.57. The maximum absolute atomic E-state index is 12.4. The van der Waals surface area contributed by atoms with Gasteiger partial charge in [0.25, 0.3) is 0 Å². The van der Waals surface area contributed by atoms with Gasteiger partial charge in [0.2, 0.25) is 0 Å². The molecule has 21 heavy (non-hydrogen) atoms. The van der Waals surface area contributed by atoms with Crippen molar-refractivity contribution in [2.24, 2.45) is 11.7 Å². The monoisotopic (exact) mass is 369 g/mol. The van der Waals surface area contributed by atoms with Crippen LogP contribution in [-0.4, -0.2) is 18.5 Å². The summed E-state index contributed by atoms with van der Waals surface area (Å²) in [4.78, 5) is 0. The molecule has 0 aliphatic rings. The normalized spacial score (nSPS) is 13.9. The molecule has 2 N–H and O–H groups in total. The minimum atomic E-state index is -4.76. The lowest BCUT2D eigenvalue weighted by Gasteiger charge is -2.23. The highest BCUT2D eigenvalue weighted by molar-refractivity contribution is 9.10.